The van der Waals surface area contributed by atoms with Gasteiger partial charge in [-0.1, -0.05) is 86.6 Å². The van der Waals surface area contributed by atoms with Gasteiger partial charge >= 0.3 is 0 Å². The molecule has 6 unspecified atom stereocenters. The third-order valence-corrected chi connectivity index (χ3v) is 18.2. The molecule has 0 aliphatic carbocycles. The molecule has 0 aliphatic rings. The van der Waals surface area contributed by atoms with E-state index in [0.29, 0.717) is 46.2 Å². The average Bonchev–Trinajstić information content (AvgIpc) is 3.31. The van der Waals surface area contributed by atoms with Crippen molar-refractivity contribution < 1.29 is 77.8 Å². The van der Waals surface area contributed by atoms with Crippen LogP contribution in [0.1, 0.15) is 115 Å². The topological polar surface area (TPSA) is 332 Å². The van der Waals surface area contributed by atoms with Gasteiger partial charge in [-0.25, -0.2) is 16.8 Å². The van der Waals surface area contributed by atoms with E-state index in [0.717, 1.165) is 24.3 Å². The normalized spacial score (nSPS) is 15.5. The smallest absolute Gasteiger partial charge is 0.294 e. The van der Waals surface area contributed by atoms with Crippen molar-refractivity contribution >= 4 is 60.7 Å². The fourth-order valence-electron chi connectivity index (χ4n) is 9.20. The van der Waals surface area contributed by atoms with Crippen LogP contribution in [0.15, 0.2) is 175 Å². The molecule has 0 saturated carbocycles. The Bertz CT molecular complexity index is 3350. The molecule has 0 bridgehead atoms. The van der Waals surface area contributed by atoms with Crippen LogP contribution in [-0.2, 0) is 60.7 Å². The fourth-order valence-corrected chi connectivity index (χ4v) is 12.1. The van der Waals surface area contributed by atoms with Crippen LogP contribution in [0.25, 0.3) is 0 Å². The van der Waals surface area contributed by atoms with Gasteiger partial charge in [0.1, 0.15) is 20.2 Å². The highest BCUT2D eigenvalue weighted by atomic mass is 32.2. The van der Waals surface area contributed by atoms with Crippen LogP contribution in [0.4, 0.5) is 0 Å². The zero-order valence-electron chi connectivity index (χ0n) is 38.8. The Morgan fingerprint density at radius 1 is 0.288 bits per heavy atom. The minimum absolute atomic E-state index is 0.179. The van der Waals surface area contributed by atoms with Gasteiger partial charge in [-0.3, -0.25) is 18.2 Å². The number of benzene rings is 6. The highest BCUT2D eigenvalue weighted by Crippen LogP contribution is 2.46. The van der Waals surface area contributed by atoms with Crippen molar-refractivity contribution in [2.45, 2.75) is 111 Å². The van der Waals surface area contributed by atoms with Gasteiger partial charge in [-0.05, 0) is 174 Å². The van der Waals surface area contributed by atoms with Crippen LogP contribution in [0.2, 0.25) is 0 Å². The number of hydrogen-bond acceptors (Lipinski definition) is 14. The second kappa shape index (κ2) is 22.3. The molecule has 0 amide bonds. The van der Waals surface area contributed by atoms with Gasteiger partial charge in [0, 0.05) is 0 Å². The van der Waals surface area contributed by atoms with E-state index in [9.17, 15) is 77.8 Å². The minimum atomic E-state index is -4.87. The molecule has 0 aliphatic heterocycles. The summed E-state index contributed by atoms with van der Waals surface area (Å²) < 4.78 is 208. The summed E-state index contributed by atoms with van der Waals surface area (Å²) in [4.78, 5) is -2.50. The second-order valence-corrected chi connectivity index (χ2v) is 26.4. The van der Waals surface area contributed by atoms with Crippen molar-refractivity contribution in [3.63, 3.8) is 0 Å². The first kappa shape index (κ1) is 57.1. The van der Waals surface area contributed by atoms with Gasteiger partial charge < -0.3 is 9.11 Å². The van der Waals surface area contributed by atoms with Crippen LogP contribution in [0.3, 0.4) is 0 Å². The predicted molar refractivity (Wildman–Crippen MR) is 265 cm³/mol. The first-order valence-corrected chi connectivity index (χ1v) is 30.8. The summed E-state index contributed by atoms with van der Waals surface area (Å²) in [6.07, 6.45) is 1.19. The molecule has 0 heterocycles. The van der Waals surface area contributed by atoms with Crippen molar-refractivity contribution in [1.82, 2.24) is 0 Å². The molecule has 73 heavy (non-hydrogen) atoms. The minimum Gasteiger partial charge on any atom is -0.744 e. The first-order valence-electron chi connectivity index (χ1n) is 22.2. The van der Waals surface area contributed by atoms with Gasteiger partial charge in [0.15, 0.2) is 0 Å². The summed E-state index contributed by atoms with van der Waals surface area (Å²) in [5.74, 6) is -2.93. The Balaban J connectivity index is 1.51. The van der Waals surface area contributed by atoms with Crippen LogP contribution < -0.4 is 0 Å². The van der Waals surface area contributed by atoms with Crippen LogP contribution in [0, 0.1) is 0 Å². The maximum absolute atomic E-state index is 12.2. The lowest BCUT2D eigenvalue weighted by atomic mass is 9.72. The molecule has 6 atom stereocenters. The lowest BCUT2D eigenvalue weighted by Crippen LogP contribution is -2.16. The molecule has 0 fully saturated rings. The Labute approximate surface area is 425 Å². The molecule has 4 N–H and O–H groups in total. The highest BCUT2D eigenvalue weighted by molar-refractivity contribution is 7.87. The highest BCUT2D eigenvalue weighted by Gasteiger charge is 2.30. The molecule has 0 aromatic heterocycles. The fraction of sp³-hybridized carbons (Fsp3) is 0.265. The van der Waals surface area contributed by atoms with Crippen LogP contribution in [0.5, 0.6) is 0 Å². The number of hydrogen-bond donors (Lipinski definition) is 4. The van der Waals surface area contributed by atoms with E-state index in [-0.39, 0.29) is 40.9 Å². The molecule has 24 heteroatoms. The van der Waals surface area contributed by atoms with Gasteiger partial charge in [0.25, 0.3) is 40.5 Å². The third-order valence-electron chi connectivity index (χ3n) is 13.1. The Hall–Kier alpha value is -5.22. The lowest BCUT2D eigenvalue weighted by molar-refractivity contribution is 0.396. The molecule has 18 nitrogen and oxygen atoms in total. The number of rotatable bonds is 22. The van der Waals surface area contributed by atoms with Gasteiger partial charge in [0.2, 0.25) is 0 Å². The maximum Gasteiger partial charge on any atom is 0.294 e. The monoisotopic (exact) mass is 1120 g/mol. The SMILES string of the molecule is CC(CC(CC(CC(CC(CC(C)c1ccc(S(=O)(=O)O)cc1)c1ccc(S(=O)(=O)[O-])cc1)c1ccc(S(=O)(=O)O)cc1)c1ccc(S(=O)(=O)O)cc1)c1ccc(S(=O)(=O)[O-])cc1)c1ccc(S(=O)(=O)O)cc1. The van der Waals surface area contributed by atoms with Crippen molar-refractivity contribution in [3.8, 4) is 0 Å². The molecule has 6 rings (SSSR count). The maximum atomic E-state index is 12.2. The van der Waals surface area contributed by atoms with E-state index >= 15 is 0 Å². The van der Waals surface area contributed by atoms with E-state index in [1.54, 1.807) is 0 Å². The molecular formula is C49H50O18S6-2. The Kier molecular flexibility index (Phi) is 17.4. The van der Waals surface area contributed by atoms with E-state index in [1.807, 2.05) is 13.8 Å². The lowest BCUT2D eigenvalue weighted by Gasteiger charge is -2.32. The predicted octanol–water partition coefficient (Wildman–Crippen LogP) is 8.47. The first-order chi connectivity index (χ1) is 33.8. The molecule has 6 aromatic rings. The van der Waals surface area contributed by atoms with Crippen LogP contribution in [-0.4, -0.2) is 77.8 Å². The third kappa shape index (κ3) is 15.4. The average molecular weight is 1120 g/mol. The molecular weight excluding hydrogens is 1070 g/mol. The summed E-state index contributed by atoms with van der Waals surface area (Å²) in [6, 6.07) is 32.5. The van der Waals surface area contributed by atoms with E-state index in [1.165, 1.54) is 121 Å². The molecule has 0 spiro atoms. The largest absolute Gasteiger partial charge is 0.744 e. The summed E-state index contributed by atoms with van der Waals surface area (Å²) >= 11 is 0. The summed E-state index contributed by atoms with van der Waals surface area (Å²) in [5.41, 5.74) is 3.55. The zero-order chi connectivity index (χ0) is 53.9. The quantitative estimate of drug-likeness (QED) is 0.0463. The molecule has 0 saturated heterocycles. The van der Waals surface area contributed by atoms with Crippen LogP contribution >= 0.6 is 0 Å². The Morgan fingerprint density at radius 3 is 0.630 bits per heavy atom. The van der Waals surface area contributed by atoms with E-state index in [2.05, 4.69) is 0 Å². The van der Waals surface area contributed by atoms with E-state index in [4.69, 9.17) is 0 Å². The second-order valence-electron chi connectivity index (χ2n) is 18.0. The van der Waals surface area contributed by atoms with Crippen molar-refractivity contribution in [1.29, 1.82) is 0 Å². The van der Waals surface area contributed by atoms with Gasteiger partial charge in [-0.2, -0.15) is 33.7 Å². The molecule has 0 radical (unpaired) electrons. The standard InChI is InChI=1S/C49H52O18S6/c1-32(34-3-15-44(16-4-34)68(50,51)52)27-40(36-7-19-46(20-8-36)70(56,57)58)29-42(38-11-23-48(24-12-38)72(62,63)64)31-43(39-13-25-49(26-14-39)73(65,66)67)30-41(37-9-21-47(22-10-37)71(59,60)61)28-33(2)35-5-17-45(18-6-35)69(53,54)55/h3-26,32-33,40-43H,27-31H2,1-2H3,(H,50,51,52)(H,53,54,55)(H,56,57,58)(H,59,60,61)(H,62,63,64)(H,65,66,67)/p-2. The van der Waals surface area contributed by atoms with Crippen molar-refractivity contribution in [2.24, 2.45) is 0 Å². The van der Waals surface area contributed by atoms with Crippen molar-refractivity contribution in [3.05, 3.63) is 179 Å². The molecule has 6 aromatic carbocycles. The summed E-state index contributed by atoms with van der Waals surface area (Å²) in [7, 11) is -28.1. The van der Waals surface area contributed by atoms with E-state index < -0.39 is 104 Å². The van der Waals surface area contributed by atoms with Gasteiger partial charge in [0.05, 0.1) is 29.4 Å². The Morgan fingerprint density at radius 2 is 0.452 bits per heavy atom. The zero-order valence-corrected chi connectivity index (χ0v) is 43.7. The van der Waals surface area contributed by atoms with Gasteiger partial charge in [-0.15, -0.1) is 0 Å². The summed E-state index contributed by atoms with van der Waals surface area (Å²) in [5, 5.41) is 0. The van der Waals surface area contributed by atoms with Crippen molar-refractivity contribution in [2.75, 3.05) is 0 Å². The summed E-state index contributed by atoms with van der Waals surface area (Å²) in [6.45, 7) is 3.71. The molecule has 392 valence electrons.